The monoisotopic (exact) mass is 337 g/mol. The zero-order chi connectivity index (χ0) is 17.6. The molecule has 0 radical (unpaired) electrons. The molecule has 0 atom stereocenters. The molecule has 0 aliphatic carbocycles. The number of anilines is 1. The molecule has 3 aromatic rings. The normalized spacial score (nSPS) is 10.5. The zero-order valence-electron chi connectivity index (χ0n) is 13.9. The third-order valence-electron chi connectivity index (χ3n) is 3.61. The van der Waals surface area contributed by atoms with Gasteiger partial charge in [-0.3, -0.25) is 4.79 Å². The molecule has 2 N–H and O–H groups in total. The van der Waals surface area contributed by atoms with Crippen molar-refractivity contribution in [2.75, 3.05) is 11.9 Å². The number of hydrogen-bond donors (Lipinski definition) is 2. The lowest BCUT2D eigenvalue weighted by Crippen LogP contribution is -2.20. The standard InChI is InChI=1S/C20H19NO4/c1-14-4-2-7-17(10-14)24-13-20(23)21-16-6-3-5-15(11-16)19-9-8-18(12-22)25-19/h2-11,22H,12-13H2,1H3,(H,21,23). The molecule has 2 aromatic carbocycles. The van der Waals surface area contributed by atoms with Crippen LogP contribution in [-0.2, 0) is 11.4 Å². The maximum Gasteiger partial charge on any atom is 0.262 e. The molecule has 128 valence electrons. The molecule has 0 fully saturated rings. The fourth-order valence-corrected chi connectivity index (χ4v) is 2.42. The van der Waals surface area contributed by atoms with Gasteiger partial charge in [-0.05, 0) is 48.9 Å². The molecule has 0 saturated carbocycles. The lowest BCUT2D eigenvalue weighted by atomic mass is 10.1. The van der Waals surface area contributed by atoms with Gasteiger partial charge in [0.1, 0.15) is 23.9 Å². The molecule has 5 nitrogen and oxygen atoms in total. The summed E-state index contributed by atoms with van der Waals surface area (Å²) in [5.74, 6) is 1.55. The minimum absolute atomic E-state index is 0.0664. The Kier molecular flexibility index (Phi) is 5.16. The number of aliphatic hydroxyl groups is 1. The predicted octanol–water partition coefficient (Wildman–Crippen LogP) is 3.76. The van der Waals surface area contributed by atoms with Crippen molar-refractivity contribution in [3.63, 3.8) is 0 Å². The highest BCUT2D eigenvalue weighted by atomic mass is 16.5. The van der Waals surface area contributed by atoms with Gasteiger partial charge in [-0.2, -0.15) is 0 Å². The molecule has 25 heavy (non-hydrogen) atoms. The van der Waals surface area contributed by atoms with Crippen molar-refractivity contribution in [2.24, 2.45) is 0 Å². The van der Waals surface area contributed by atoms with Crippen molar-refractivity contribution in [1.29, 1.82) is 0 Å². The second kappa shape index (κ2) is 7.68. The maximum absolute atomic E-state index is 12.1. The quantitative estimate of drug-likeness (QED) is 0.718. The number of ether oxygens (including phenoxy) is 1. The average Bonchev–Trinajstić information content (AvgIpc) is 3.10. The smallest absolute Gasteiger partial charge is 0.262 e. The lowest BCUT2D eigenvalue weighted by molar-refractivity contribution is -0.118. The SMILES string of the molecule is Cc1cccc(OCC(=O)Nc2cccc(-c3ccc(CO)o3)c2)c1. The van der Waals surface area contributed by atoms with Gasteiger partial charge in [0.05, 0.1) is 0 Å². The molecule has 5 heteroatoms. The fourth-order valence-electron chi connectivity index (χ4n) is 2.42. The Balaban J connectivity index is 1.62. The first kappa shape index (κ1) is 16.8. The van der Waals surface area contributed by atoms with E-state index in [4.69, 9.17) is 14.3 Å². The molecular formula is C20H19NO4. The van der Waals surface area contributed by atoms with Crippen molar-refractivity contribution in [1.82, 2.24) is 0 Å². The van der Waals surface area contributed by atoms with Crippen molar-refractivity contribution in [3.8, 4) is 17.1 Å². The van der Waals surface area contributed by atoms with E-state index >= 15 is 0 Å². The summed E-state index contributed by atoms with van der Waals surface area (Å²) in [6, 6.07) is 18.4. The number of benzene rings is 2. The van der Waals surface area contributed by atoms with Gasteiger partial charge in [-0.25, -0.2) is 0 Å². The molecule has 0 aliphatic heterocycles. The number of nitrogens with one attached hydrogen (secondary N) is 1. The summed E-state index contributed by atoms with van der Waals surface area (Å²) in [6.45, 7) is 1.76. The second-order valence-electron chi connectivity index (χ2n) is 5.66. The van der Waals surface area contributed by atoms with E-state index in [0.717, 1.165) is 11.1 Å². The summed E-state index contributed by atoms with van der Waals surface area (Å²) in [5, 5.41) is 11.9. The number of furan rings is 1. The van der Waals surface area contributed by atoms with Gasteiger partial charge in [0.15, 0.2) is 6.61 Å². The van der Waals surface area contributed by atoms with Gasteiger partial charge in [-0.15, -0.1) is 0 Å². The molecule has 1 aromatic heterocycles. The van der Waals surface area contributed by atoms with E-state index in [1.165, 1.54) is 0 Å². The Morgan fingerprint density at radius 1 is 1.12 bits per heavy atom. The summed E-state index contributed by atoms with van der Waals surface area (Å²) in [7, 11) is 0. The highest BCUT2D eigenvalue weighted by Gasteiger charge is 2.08. The van der Waals surface area contributed by atoms with Crippen LogP contribution >= 0.6 is 0 Å². The van der Waals surface area contributed by atoms with Gasteiger partial charge in [0, 0.05) is 11.3 Å². The number of amides is 1. The highest BCUT2D eigenvalue weighted by molar-refractivity contribution is 5.92. The first-order chi connectivity index (χ1) is 12.1. The summed E-state index contributed by atoms with van der Waals surface area (Å²) in [6.07, 6.45) is 0. The molecule has 3 rings (SSSR count). The number of aryl methyl sites for hydroxylation is 1. The Hall–Kier alpha value is -3.05. The van der Waals surface area contributed by atoms with E-state index in [2.05, 4.69) is 5.32 Å². The van der Waals surface area contributed by atoms with E-state index in [0.29, 0.717) is 23.0 Å². The van der Waals surface area contributed by atoms with Crippen LogP contribution in [0.15, 0.2) is 65.1 Å². The molecule has 0 bridgehead atoms. The largest absolute Gasteiger partial charge is 0.484 e. The minimum Gasteiger partial charge on any atom is -0.484 e. The van der Waals surface area contributed by atoms with Crippen molar-refractivity contribution in [2.45, 2.75) is 13.5 Å². The number of carbonyl (C=O) groups excluding carboxylic acids is 1. The van der Waals surface area contributed by atoms with E-state index in [1.54, 1.807) is 18.2 Å². The van der Waals surface area contributed by atoms with Gasteiger partial charge in [0.2, 0.25) is 0 Å². The van der Waals surface area contributed by atoms with Crippen LogP contribution in [0.2, 0.25) is 0 Å². The van der Waals surface area contributed by atoms with Crippen LogP contribution in [0.3, 0.4) is 0 Å². The third-order valence-corrected chi connectivity index (χ3v) is 3.61. The molecule has 1 heterocycles. The van der Waals surface area contributed by atoms with Crippen molar-refractivity contribution < 1.29 is 19.1 Å². The van der Waals surface area contributed by atoms with Crippen molar-refractivity contribution in [3.05, 3.63) is 72.0 Å². The van der Waals surface area contributed by atoms with Gasteiger partial charge < -0.3 is 19.6 Å². The molecule has 0 spiro atoms. The van der Waals surface area contributed by atoms with Crippen LogP contribution < -0.4 is 10.1 Å². The van der Waals surface area contributed by atoms with E-state index < -0.39 is 0 Å². The van der Waals surface area contributed by atoms with Crippen LogP contribution in [0, 0.1) is 6.92 Å². The van der Waals surface area contributed by atoms with Crippen LogP contribution in [0.1, 0.15) is 11.3 Å². The van der Waals surface area contributed by atoms with E-state index in [1.807, 2.05) is 49.4 Å². The molecule has 1 amide bonds. The predicted molar refractivity (Wildman–Crippen MR) is 95.4 cm³/mol. The molecular weight excluding hydrogens is 318 g/mol. The topological polar surface area (TPSA) is 71.7 Å². The average molecular weight is 337 g/mol. The Bertz CT molecular complexity index is 869. The Morgan fingerprint density at radius 2 is 1.96 bits per heavy atom. The second-order valence-corrected chi connectivity index (χ2v) is 5.66. The van der Waals surface area contributed by atoms with Crippen LogP contribution in [0.5, 0.6) is 5.75 Å². The Morgan fingerprint density at radius 3 is 2.72 bits per heavy atom. The number of aliphatic hydroxyl groups excluding tert-OH is 1. The third kappa shape index (κ3) is 4.49. The molecule has 0 unspecified atom stereocenters. The number of rotatable bonds is 6. The Labute approximate surface area is 145 Å². The van der Waals surface area contributed by atoms with Crippen LogP contribution in [-0.4, -0.2) is 17.6 Å². The van der Waals surface area contributed by atoms with Crippen LogP contribution in [0.4, 0.5) is 5.69 Å². The number of hydrogen-bond acceptors (Lipinski definition) is 4. The zero-order valence-corrected chi connectivity index (χ0v) is 13.9. The lowest BCUT2D eigenvalue weighted by Gasteiger charge is -2.09. The molecule has 0 saturated heterocycles. The van der Waals surface area contributed by atoms with Gasteiger partial charge in [0.25, 0.3) is 5.91 Å². The summed E-state index contributed by atoms with van der Waals surface area (Å²) < 4.78 is 11.0. The fraction of sp³-hybridized carbons (Fsp3) is 0.150. The van der Waals surface area contributed by atoms with E-state index in [-0.39, 0.29) is 19.1 Å². The summed E-state index contributed by atoms with van der Waals surface area (Å²) in [5.41, 5.74) is 2.54. The minimum atomic E-state index is -0.242. The number of carbonyl (C=O) groups is 1. The maximum atomic E-state index is 12.1. The summed E-state index contributed by atoms with van der Waals surface area (Å²) in [4.78, 5) is 12.1. The van der Waals surface area contributed by atoms with Gasteiger partial charge in [-0.1, -0.05) is 24.3 Å². The van der Waals surface area contributed by atoms with E-state index in [9.17, 15) is 4.79 Å². The molecule has 0 aliphatic rings. The highest BCUT2D eigenvalue weighted by Crippen LogP contribution is 2.25. The van der Waals surface area contributed by atoms with Crippen molar-refractivity contribution >= 4 is 11.6 Å². The van der Waals surface area contributed by atoms with Crippen LogP contribution in [0.25, 0.3) is 11.3 Å². The summed E-state index contributed by atoms with van der Waals surface area (Å²) >= 11 is 0. The van der Waals surface area contributed by atoms with Gasteiger partial charge >= 0.3 is 0 Å². The first-order valence-corrected chi connectivity index (χ1v) is 7.93. The first-order valence-electron chi connectivity index (χ1n) is 7.93.